The molecule has 2 amide bonds. The number of hydrogen-bond donors (Lipinski definition) is 1. The first-order chi connectivity index (χ1) is 9.96. The van der Waals surface area contributed by atoms with Crippen molar-refractivity contribution in [1.29, 1.82) is 0 Å². The van der Waals surface area contributed by atoms with Crippen molar-refractivity contribution in [3.05, 3.63) is 0 Å². The fourth-order valence-electron chi connectivity index (χ4n) is 2.91. The first-order valence-electron chi connectivity index (χ1n) is 7.74. The van der Waals surface area contributed by atoms with E-state index in [2.05, 4.69) is 5.32 Å². The third-order valence-corrected chi connectivity index (χ3v) is 5.89. The summed E-state index contributed by atoms with van der Waals surface area (Å²) < 4.78 is 22.6. The number of carbonyl (C=O) groups is 2. The van der Waals surface area contributed by atoms with Gasteiger partial charge < -0.3 is 10.2 Å². The molecule has 6 nitrogen and oxygen atoms in total. The van der Waals surface area contributed by atoms with Crippen LogP contribution in [0.2, 0.25) is 0 Å². The average Bonchev–Trinajstić information content (AvgIpc) is 2.66. The van der Waals surface area contributed by atoms with Crippen LogP contribution < -0.4 is 5.32 Å². The van der Waals surface area contributed by atoms with E-state index in [0.29, 0.717) is 6.42 Å². The van der Waals surface area contributed by atoms with Gasteiger partial charge in [-0.3, -0.25) is 9.59 Å². The van der Waals surface area contributed by atoms with E-state index in [9.17, 15) is 18.0 Å². The minimum absolute atomic E-state index is 0.0266. The highest BCUT2D eigenvalue weighted by molar-refractivity contribution is 7.91. The van der Waals surface area contributed by atoms with Crippen LogP contribution in [0.15, 0.2) is 0 Å². The zero-order chi connectivity index (χ0) is 15.3. The van der Waals surface area contributed by atoms with Crippen molar-refractivity contribution in [2.24, 2.45) is 0 Å². The Labute approximate surface area is 126 Å². The molecule has 1 atom stereocenters. The maximum atomic E-state index is 12.0. The first-order valence-corrected chi connectivity index (χ1v) is 9.56. The molecule has 0 aromatic heterocycles. The largest absolute Gasteiger partial charge is 0.352 e. The van der Waals surface area contributed by atoms with Crippen molar-refractivity contribution in [2.75, 3.05) is 24.6 Å². The van der Waals surface area contributed by atoms with E-state index in [4.69, 9.17) is 0 Å². The highest BCUT2D eigenvalue weighted by Crippen LogP contribution is 2.13. The van der Waals surface area contributed by atoms with E-state index in [0.717, 1.165) is 25.9 Å². The van der Waals surface area contributed by atoms with E-state index < -0.39 is 9.84 Å². The summed E-state index contributed by atoms with van der Waals surface area (Å²) in [5, 5.41) is 2.72. The molecule has 2 aliphatic heterocycles. The van der Waals surface area contributed by atoms with Crippen molar-refractivity contribution >= 4 is 21.7 Å². The molecule has 2 rings (SSSR count). The van der Waals surface area contributed by atoms with Gasteiger partial charge in [-0.2, -0.15) is 0 Å². The zero-order valence-corrected chi connectivity index (χ0v) is 13.2. The third kappa shape index (κ3) is 5.30. The van der Waals surface area contributed by atoms with Crippen LogP contribution >= 0.6 is 0 Å². The number of hydrogen-bond acceptors (Lipinski definition) is 4. The molecule has 21 heavy (non-hydrogen) atoms. The van der Waals surface area contributed by atoms with Crippen LogP contribution in [0.4, 0.5) is 0 Å². The molecule has 2 fully saturated rings. The lowest BCUT2D eigenvalue weighted by Gasteiger charge is -2.20. The predicted molar refractivity (Wildman–Crippen MR) is 79.5 cm³/mol. The molecule has 2 aliphatic rings. The van der Waals surface area contributed by atoms with Crippen LogP contribution in [-0.2, 0) is 19.4 Å². The van der Waals surface area contributed by atoms with E-state index in [1.807, 2.05) is 4.90 Å². The summed E-state index contributed by atoms with van der Waals surface area (Å²) in [6.45, 7) is 1.59. The smallest absolute Gasteiger partial charge is 0.223 e. The Morgan fingerprint density at radius 2 is 1.71 bits per heavy atom. The number of carbonyl (C=O) groups excluding carboxylic acids is 2. The molecule has 0 aromatic carbocycles. The summed E-state index contributed by atoms with van der Waals surface area (Å²) in [5.41, 5.74) is 0. The van der Waals surface area contributed by atoms with Gasteiger partial charge in [-0.15, -0.1) is 0 Å². The van der Waals surface area contributed by atoms with Crippen LogP contribution in [0.1, 0.15) is 44.9 Å². The van der Waals surface area contributed by atoms with Gasteiger partial charge in [-0.25, -0.2) is 8.42 Å². The van der Waals surface area contributed by atoms with Crippen molar-refractivity contribution < 1.29 is 18.0 Å². The van der Waals surface area contributed by atoms with Crippen LogP contribution in [0.3, 0.4) is 0 Å². The van der Waals surface area contributed by atoms with Gasteiger partial charge in [0.05, 0.1) is 11.5 Å². The summed E-state index contributed by atoms with van der Waals surface area (Å²) in [7, 11) is -2.98. The van der Waals surface area contributed by atoms with Gasteiger partial charge >= 0.3 is 0 Å². The first kappa shape index (κ1) is 16.3. The number of amides is 2. The number of likely N-dealkylation sites (tertiary alicyclic amines) is 1. The van der Waals surface area contributed by atoms with Crippen molar-refractivity contribution in [3.8, 4) is 0 Å². The van der Waals surface area contributed by atoms with Crippen molar-refractivity contribution in [3.63, 3.8) is 0 Å². The molecule has 120 valence electrons. The predicted octanol–water partition coefficient (Wildman–Crippen LogP) is 0.473. The molecule has 0 aliphatic carbocycles. The number of nitrogens with one attached hydrogen (secondary N) is 1. The lowest BCUT2D eigenvalue weighted by molar-refractivity contribution is -0.133. The second-order valence-electron chi connectivity index (χ2n) is 5.96. The molecule has 0 bridgehead atoms. The summed E-state index contributed by atoms with van der Waals surface area (Å²) >= 11 is 0. The Kier molecular flexibility index (Phi) is 5.61. The SMILES string of the molecule is O=C(CCC(=O)N1CCCCCC1)NC1CCS(=O)(=O)C1. The van der Waals surface area contributed by atoms with Gasteiger partial charge in [-0.05, 0) is 19.3 Å². The maximum absolute atomic E-state index is 12.0. The van der Waals surface area contributed by atoms with Crippen molar-refractivity contribution in [2.45, 2.75) is 51.0 Å². The highest BCUT2D eigenvalue weighted by atomic mass is 32.2. The van der Waals surface area contributed by atoms with Gasteiger partial charge in [0.1, 0.15) is 0 Å². The molecular formula is C14H24N2O4S. The summed E-state index contributed by atoms with van der Waals surface area (Å²) in [6, 6.07) is -0.282. The normalized spacial score (nSPS) is 25.3. The molecule has 7 heteroatoms. The highest BCUT2D eigenvalue weighted by Gasteiger charge is 2.29. The van der Waals surface area contributed by atoms with E-state index in [1.165, 1.54) is 12.8 Å². The van der Waals surface area contributed by atoms with Crippen molar-refractivity contribution in [1.82, 2.24) is 10.2 Å². The topological polar surface area (TPSA) is 83.6 Å². The van der Waals surface area contributed by atoms with E-state index in [-0.39, 0.29) is 42.2 Å². The fraction of sp³-hybridized carbons (Fsp3) is 0.857. The standard InChI is InChI=1S/C14H24N2O4S/c17-13(15-12-7-10-21(19,20)11-12)5-6-14(18)16-8-3-1-2-4-9-16/h12H,1-11H2,(H,15,17). The Balaban J connectivity index is 1.69. The molecule has 1 N–H and O–H groups in total. The van der Waals surface area contributed by atoms with Gasteiger partial charge in [0.15, 0.2) is 9.84 Å². The monoisotopic (exact) mass is 316 g/mol. The van der Waals surface area contributed by atoms with E-state index >= 15 is 0 Å². The molecule has 2 heterocycles. The summed E-state index contributed by atoms with van der Waals surface area (Å²) in [6.07, 6.45) is 5.25. The Morgan fingerprint density at radius 1 is 1.05 bits per heavy atom. The second kappa shape index (κ2) is 7.24. The average molecular weight is 316 g/mol. The Bertz CT molecular complexity index is 481. The summed E-state index contributed by atoms with van der Waals surface area (Å²) in [5.74, 6) is -0.0184. The third-order valence-electron chi connectivity index (χ3n) is 4.12. The summed E-state index contributed by atoms with van der Waals surface area (Å²) in [4.78, 5) is 25.7. The van der Waals surface area contributed by atoms with Crippen LogP contribution in [0.5, 0.6) is 0 Å². The van der Waals surface area contributed by atoms with E-state index in [1.54, 1.807) is 0 Å². The molecule has 0 saturated carbocycles. The second-order valence-corrected chi connectivity index (χ2v) is 8.19. The number of sulfone groups is 1. The van der Waals surface area contributed by atoms with Crippen LogP contribution in [0, 0.1) is 0 Å². The molecule has 0 radical (unpaired) electrons. The lowest BCUT2D eigenvalue weighted by Crippen LogP contribution is -2.37. The quantitative estimate of drug-likeness (QED) is 0.817. The minimum atomic E-state index is -2.98. The number of rotatable bonds is 4. The molecule has 0 aromatic rings. The molecule has 0 spiro atoms. The molecular weight excluding hydrogens is 292 g/mol. The molecule has 2 saturated heterocycles. The van der Waals surface area contributed by atoms with Gasteiger partial charge in [0.25, 0.3) is 0 Å². The van der Waals surface area contributed by atoms with Crippen LogP contribution in [0.25, 0.3) is 0 Å². The van der Waals surface area contributed by atoms with Gasteiger partial charge in [-0.1, -0.05) is 12.8 Å². The Morgan fingerprint density at radius 3 is 2.29 bits per heavy atom. The fourth-order valence-corrected chi connectivity index (χ4v) is 4.58. The van der Waals surface area contributed by atoms with Crippen LogP contribution in [-0.4, -0.2) is 55.8 Å². The Hall–Kier alpha value is -1.11. The molecule has 1 unspecified atom stereocenters. The van der Waals surface area contributed by atoms with Gasteiger partial charge in [0.2, 0.25) is 11.8 Å². The maximum Gasteiger partial charge on any atom is 0.223 e. The lowest BCUT2D eigenvalue weighted by atomic mass is 10.2. The minimum Gasteiger partial charge on any atom is -0.352 e. The zero-order valence-electron chi connectivity index (χ0n) is 12.3. The van der Waals surface area contributed by atoms with Gasteiger partial charge in [0, 0.05) is 32.0 Å². The number of nitrogens with zero attached hydrogens (tertiary/aromatic N) is 1.